The number of amides is 1. The number of aromatic amines is 1. The van der Waals surface area contributed by atoms with E-state index in [9.17, 15) is 9.90 Å². The number of rotatable bonds is 3. The molecule has 114 valence electrons. The molecule has 1 amide bonds. The van der Waals surface area contributed by atoms with Crippen LogP contribution in [0.25, 0.3) is 10.9 Å². The monoisotopic (exact) mass is 298 g/mol. The summed E-state index contributed by atoms with van der Waals surface area (Å²) in [7, 11) is 0. The molecule has 0 aliphatic carbocycles. The molecule has 6 nitrogen and oxygen atoms in total. The molecule has 0 unspecified atom stereocenters. The highest BCUT2D eigenvalue weighted by molar-refractivity contribution is 5.87. The Labute approximate surface area is 128 Å². The Morgan fingerprint density at radius 1 is 1.59 bits per heavy atom. The van der Waals surface area contributed by atoms with Gasteiger partial charge in [0.25, 0.3) is 0 Å². The highest BCUT2D eigenvalue weighted by Crippen LogP contribution is 2.24. The van der Waals surface area contributed by atoms with Crippen molar-refractivity contribution in [2.75, 3.05) is 6.54 Å². The fourth-order valence-electron chi connectivity index (χ4n) is 3.04. The van der Waals surface area contributed by atoms with Crippen molar-refractivity contribution in [2.45, 2.75) is 31.3 Å². The second-order valence-corrected chi connectivity index (χ2v) is 5.67. The van der Waals surface area contributed by atoms with Gasteiger partial charge in [-0.3, -0.25) is 4.79 Å². The average molecular weight is 298 g/mol. The van der Waals surface area contributed by atoms with Crippen molar-refractivity contribution >= 4 is 16.8 Å². The van der Waals surface area contributed by atoms with Crippen molar-refractivity contribution in [3.63, 3.8) is 0 Å². The quantitative estimate of drug-likeness (QED) is 0.793. The first-order valence-corrected chi connectivity index (χ1v) is 7.35. The maximum Gasteiger partial charge on any atom is 0.240 e. The van der Waals surface area contributed by atoms with Crippen LogP contribution in [0.2, 0.25) is 0 Å². The first kappa shape index (κ1) is 14.4. The number of nitrogens with zero attached hydrogens (tertiary/aromatic N) is 2. The standard InChI is InChI=1S/C16H18N4O2/c17-8-11-2-1-5-20(11)16(22)14(18)6-10-9-19-15-4-3-12(21)7-13(10)15/h3-4,7,9,11,14,19,21H,1-2,5-6,18H2/t11-,14-/m0/s1. The van der Waals surface area contributed by atoms with Crippen LogP contribution >= 0.6 is 0 Å². The molecule has 1 fully saturated rings. The van der Waals surface area contributed by atoms with E-state index >= 15 is 0 Å². The molecule has 1 aliphatic heterocycles. The molecule has 1 aromatic carbocycles. The van der Waals surface area contributed by atoms with Crippen LogP contribution in [0, 0.1) is 11.3 Å². The van der Waals surface area contributed by atoms with Crippen LogP contribution in [0.5, 0.6) is 5.75 Å². The zero-order valence-corrected chi connectivity index (χ0v) is 12.1. The summed E-state index contributed by atoms with van der Waals surface area (Å²) >= 11 is 0. The summed E-state index contributed by atoms with van der Waals surface area (Å²) in [6.07, 6.45) is 3.74. The highest BCUT2D eigenvalue weighted by atomic mass is 16.3. The zero-order chi connectivity index (χ0) is 15.7. The molecule has 0 bridgehead atoms. The van der Waals surface area contributed by atoms with E-state index in [0.717, 1.165) is 29.3 Å². The number of likely N-dealkylation sites (tertiary alicyclic amines) is 1. The van der Waals surface area contributed by atoms with Gasteiger partial charge in [0.05, 0.1) is 12.1 Å². The fraction of sp³-hybridized carbons (Fsp3) is 0.375. The number of phenols is 1. The molecule has 22 heavy (non-hydrogen) atoms. The molecule has 0 radical (unpaired) electrons. The molecule has 1 saturated heterocycles. The summed E-state index contributed by atoms with van der Waals surface area (Å²) < 4.78 is 0. The predicted molar refractivity (Wildman–Crippen MR) is 82.0 cm³/mol. The first-order valence-electron chi connectivity index (χ1n) is 7.35. The average Bonchev–Trinajstić information content (AvgIpc) is 3.13. The topological polar surface area (TPSA) is 106 Å². The second kappa shape index (κ2) is 5.70. The number of nitrogens with one attached hydrogen (secondary N) is 1. The molecule has 2 aromatic rings. The lowest BCUT2D eigenvalue weighted by molar-refractivity contribution is -0.132. The Hall–Kier alpha value is -2.52. The molecule has 0 spiro atoms. The van der Waals surface area contributed by atoms with E-state index in [2.05, 4.69) is 11.1 Å². The molecule has 1 aromatic heterocycles. The largest absolute Gasteiger partial charge is 0.508 e. The van der Waals surface area contributed by atoms with Crippen LogP contribution in [0.4, 0.5) is 0 Å². The van der Waals surface area contributed by atoms with Crippen LogP contribution in [-0.2, 0) is 11.2 Å². The van der Waals surface area contributed by atoms with Crippen LogP contribution in [0.15, 0.2) is 24.4 Å². The van der Waals surface area contributed by atoms with Gasteiger partial charge in [0.2, 0.25) is 5.91 Å². The summed E-state index contributed by atoms with van der Waals surface area (Å²) in [4.78, 5) is 17.1. The minimum absolute atomic E-state index is 0.178. The van der Waals surface area contributed by atoms with Gasteiger partial charge in [-0.1, -0.05) is 0 Å². The number of carbonyl (C=O) groups is 1. The van der Waals surface area contributed by atoms with Gasteiger partial charge < -0.3 is 20.7 Å². The van der Waals surface area contributed by atoms with E-state index in [1.807, 2.05) is 6.20 Å². The maximum absolute atomic E-state index is 12.4. The fourth-order valence-corrected chi connectivity index (χ4v) is 3.04. The molecule has 3 rings (SSSR count). The third-order valence-corrected chi connectivity index (χ3v) is 4.19. The highest BCUT2D eigenvalue weighted by Gasteiger charge is 2.31. The van der Waals surface area contributed by atoms with Crippen LogP contribution in [0.3, 0.4) is 0 Å². The van der Waals surface area contributed by atoms with Crippen LogP contribution in [0.1, 0.15) is 18.4 Å². The van der Waals surface area contributed by atoms with Gasteiger partial charge in [-0.05, 0) is 43.0 Å². The number of H-pyrrole nitrogens is 1. The molecule has 4 N–H and O–H groups in total. The van der Waals surface area contributed by atoms with Gasteiger partial charge in [0, 0.05) is 23.6 Å². The summed E-state index contributed by atoms with van der Waals surface area (Å²) in [6, 6.07) is 6.17. The Morgan fingerprint density at radius 2 is 2.41 bits per heavy atom. The van der Waals surface area contributed by atoms with E-state index in [-0.39, 0.29) is 17.7 Å². The molecule has 2 heterocycles. The molecule has 6 heteroatoms. The minimum Gasteiger partial charge on any atom is -0.508 e. The van der Waals surface area contributed by atoms with Gasteiger partial charge in [-0.2, -0.15) is 5.26 Å². The van der Waals surface area contributed by atoms with E-state index in [4.69, 9.17) is 11.0 Å². The molecule has 0 saturated carbocycles. The Balaban J connectivity index is 1.78. The van der Waals surface area contributed by atoms with Crippen LogP contribution in [-0.4, -0.2) is 39.5 Å². The number of aromatic nitrogens is 1. The number of aromatic hydroxyl groups is 1. The first-order chi connectivity index (χ1) is 10.6. The molecular formula is C16H18N4O2. The number of nitriles is 1. The number of phenolic OH excluding ortho intramolecular Hbond substituents is 1. The van der Waals surface area contributed by atoms with E-state index < -0.39 is 6.04 Å². The number of hydrogen-bond donors (Lipinski definition) is 3. The summed E-state index contributed by atoms with van der Waals surface area (Å²) in [5.41, 5.74) is 7.84. The van der Waals surface area contributed by atoms with Crippen molar-refractivity contribution in [1.29, 1.82) is 5.26 Å². The number of hydrogen-bond acceptors (Lipinski definition) is 4. The van der Waals surface area contributed by atoms with Gasteiger partial charge >= 0.3 is 0 Å². The summed E-state index contributed by atoms with van der Waals surface area (Å²) in [6.45, 7) is 0.597. The van der Waals surface area contributed by atoms with Gasteiger partial charge in [0.15, 0.2) is 0 Å². The normalized spacial score (nSPS) is 19.3. The van der Waals surface area contributed by atoms with Gasteiger partial charge in [0.1, 0.15) is 11.8 Å². The third kappa shape index (κ3) is 2.51. The smallest absolute Gasteiger partial charge is 0.240 e. The number of carbonyl (C=O) groups excluding carboxylic acids is 1. The Bertz CT molecular complexity index is 746. The van der Waals surface area contributed by atoms with E-state index in [1.54, 1.807) is 23.1 Å². The summed E-state index contributed by atoms with van der Waals surface area (Å²) in [5.74, 6) is -0.00381. The molecule has 2 atom stereocenters. The predicted octanol–water partition coefficient (Wildman–Crippen LogP) is 1.26. The minimum atomic E-state index is -0.685. The lowest BCUT2D eigenvalue weighted by atomic mass is 10.0. The summed E-state index contributed by atoms with van der Waals surface area (Å²) in [5, 5.41) is 19.5. The second-order valence-electron chi connectivity index (χ2n) is 5.67. The van der Waals surface area contributed by atoms with Crippen molar-refractivity contribution in [1.82, 2.24) is 9.88 Å². The van der Waals surface area contributed by atoms with Crippen molar-refractivity contribution in [2.24, 2.45) is 5.73 Å². The third-order valence-electron chi connectivity index (χ3n) is 4.19. The molecular weight excluding hydrogens is 280 g/mol. The number of nitrogens with two attached hydrogens (primary N) is 1. The van der Waals surface area contributed by atoms with E-state index in [0.29, 0.717) is 13.0 Å². The Morgan fingerprint density at radius 3 is 3.18 bits per heavy atom. The van der Waals surface area contributed by atoms with Gasteiger partial charge in [-0.25, -0.2) is 0 Å². The van der Waals surface area contributed by atoms with E-state index in [1.165, 1.54) is 0 Å². The van der Waals surface area contributed by atoms with Crippen LogP contribution < -0.4 is 5.73 Å². The van der Waals surface area contributed by atoms with Crippen molar-refractivity contribution in [3.8, 4) is 11.8 Å². The SMILES string of the molecule is N#C[C@@H]1CCCN1C(=O)[C@@H](N)Cc1c[nH]c2ccc(O)cc12. The van der Waals surface area contributed by atoms with Crippen molar-refractivity contribution < 1.29 is 9.90 Å². The van der Waals surface area contributed by atoms with Crippen molar-refractivity contribution in [3.05, 3.63) is 30.0 Å². The number of benzene rings is 1. The maximum atomic E-state index is 12.4. The lowest BCUT2D eigenvalue weighted by Gasteiger charge is -2.23. The lowest BCUT2D eigenvalue weighted by Crippen LogP contribution is -2.46. The van der Waals surface area contributed by atoms with Gasteiger partial charge in [-0.15, -0.1) is 0 Å². The Kier molecular flexibility index (Phi) is 3.73. The molecule has 1 aliphatic rings. The zero-order valence-electron chi connectivity index (χ0n) is 12.1. The number of fused-ring (bicyclic) bond motifs is 1.